The molecule has 0 N–H and O–H groups in total. The lowest BCUT2D eigenvalue weighted by atomic mass is 10.2. The molecule has 0 aliphatic carbocycles. The van der Waals surface area contributed by atoms with Gasteiger partial charge < -0.3 is 0 Å². The fourth-order valence-corrected chi connectivity index (χ4v) is 6.72. The summed E-state index contributed by atoms with van der Waals surface area (Å²) in [7, 11) is 0. The summed E-state index contributed by atoms with van der Waals surface area (Å²) in [6.07, 6.45) is 0. The normalized spacial score (nSPS) is 11.5. The van der Waals surface area contributed by atoms with Gasteiger partial charge in [0.25, 0.3) is 0 Å². The third-order valence-electron chi connectivity index (χ3n) is 8.96. The van der Waals surface area contributed by atoms with Gasteiger partial charge in [0.1, 0.15) is 0 Å². The highest BCUT2D eigenvalue weighted by Crippen LogP contribution is 2.33. The molecule has 0 fully saturated rings. The Morgan fingerprint density at radius 1 is 0.255 bits per heavy atom. The van der Waals surface area contributed by atoms with Gasteiger partial charge in [-0.3, -0.25) is 13.7 Å². The number of hydrogen-bond donors (Lipinski definition) is 0. The van der Waals surface area contributed by atoms with Crippen molar-refractivity contribution < 1.29 is 0 Å². The molecule has 0 atom stereocenters. The number of para-hydroxylation sites is 9. The second-order valence-corrected chi connectivity index (χ2v) is 12.1. The molecule has 0 saturated heterocycles. The number of aromatic nitrogens is 9. The van der Waals surface area contributed by atoms with Crippen LogP contribution in [-0.2, 0) is 0 Å². The van der Waals surface area contributed by atoms with E-state index in [0.29, 0.717) is 34.9 Å². The van der Waals surface area contributed by atoms with Crippen LogP contribution >= 0.6 is 0 Å². The number of imidazole rings is 3. The zero-order valence-corrected chi connectivity index (χ0v) is 27.1. The lowest BCUT2D eigenvalue weighted by Crippen LogP contribution is -2.09. The first-order valence-electron chi connectivity index (χ1n) is 16.7. The molecule has 0 spiro atoms. The van der Waals surface area contributed by atoms with Crippen LogP contribution in [0.2, 0.25) is 0 Å². The molecule has 10 rings (SSSR count). The number of nitrogens with zero attached hydrogens (tertiary/aromatic N) is 9. The summed E-state index contributed by atoms with van der Waals surface area (Å²) in [5, 5.41) is 0. The van der Waals surface area contributed by atoms with E-state index < -0.39 is 0 Å². The summed E-state index contributed by atoms with van der Waals surface area (Å²) in [6.45, 7) is 0. The standard InChI is InChI=1S/C42H27N9/c1-4-16-28(17-5-1)49-34-25-13-10-22-31(34)43-40(49)37-46-38(41-44-32-23-11-14-26-35(32)50(41)29-18-6-2-7-19-29)48-39(47-37)42-45-33-24-12-15-27-36(33)51(42)30-20-8-3-9-21-30/h1-27H. The van der Waals surface area contributed by atoms with Crippen LogP contribution in [-0.4, -0.2) is 43.6 Å². The van der Waals surface area contributed by atoms with E-state index >= 15 is 0 Å². The van der Waals surface area contributed by atoms with Gasteiger partial charge in [-0.15, -0.1) is 0 Å². The molecule has 0 unspecified atom stereocenters. The fourth-order valence-electron chi connectivity index (χ4n) is 6.72. The molecular weight excluding hydrogens is 631 g/mol. The molecule has 0 saturated carbocycles. The summed E-state index contributed by atoms with van der Waals surface area (Å²) >= 11 is 0. The molecule has 0 aliphatic rings. The lowest BCUT2D eigenvalue weighted by Gasteiger charge is -2.13. The van der Waals surface area contributed by atoms with Crippen LogP contribution in [0.4, 0.5) is 0 Å². The van der Waals surface area contributed by atoms with Crippen LogP contribution in [0.3, 0.4) is 0 Å². The smallest absolute Gasteiger partial charge is 0.200 e. The minimum Gasteiger partial charge on any atom is -0.290 e. The molecular formula is C42H27N9. The van der Waals surface area contributed by atoms with E-state index in [9.17, 15) is 0 Å². The molecule has 0 bridgehead atoms. The maximum atomic E-state index is 5.19. The zero-order valence-electron chi connectivity index (χ0n) is 27.1. The van der Waals surface area contributed by atoms with Crippen molar-refractivity contribution in [3.63, 3.8) is 0 Å². The second-order valence-electron chi connectivity index (χ2n) is 12.1. The van der Waals surface area contributed by atoms with E-state index in [1.165, 1.54) is 0 Å². The molecule has 4 heterocycles. The van der Waals surface area contributed by atoms with Crippen LogP contribution in [0.5, 0.6) is 0 Å². The number of fused-ring (bicyclic) bond motifs is 3. The highest BCUT2D eigenvalue weighted by atomic mass is 15.2. The molecule has 6 aromatic carbocycles. The molecule has 0 aliphatic heterocycles. The van der Waals surface area contributed by atoms with Crippen molar-refractivity contribution in [1.82, 2.24) is 43.6 Å². The molecule has 9 nitrogen and oxygen atoms in total. The van der Waals surface area contributed by atoms with Gasteiger partial charge >= 0.3 is 0 Å². The molecule has 240 valence electrons. The van der Waals surface area contributed by atoms with E-state index in [0.717, 1.165) is 50.2 Å². The number of rotatable bonds is 6. The van der Waals surface area contributed by atoms with Gasteiger partial charge in [0, 0.05) is 17.1 Å². The molecule has 51 heavy (non-hydrogen) atoms. The van der Waals surface area contributed by atoms with E-state index in [-0.39, 0.29) is 0 Å². The van der Waals surface area contributed by atoms with Crippen LogP contribution in [0.1, 0.15) is 0 Å². The average molecular weight is 658 g/mol. The van der Waals surface area contributed by atoms with Gasteiger partial charge in [0.05, 0.1) is 33.1 Å². The average Bonchev–Trinajstić information content (AvgIpc) is 3.91. The van der Waals surface area contributed by atoms with Crippen molar-refractivity contribution in [3.8, 4) is 52.0 Å². The van der Waals surface area contributed by atoms with E-state index in [1.54, 1.807) is 0 Å². The van der Waals surface area contributed by atoms with Crippen LogP contribution < -0.4 is 0 Å². The Balaban J connectivity index is 1.31. The van der Waals surface area contributed by atoms with Gasteiger partial charge in [-0.1, -0.05) is 91.0 Å². The summed E-state index contributed by atoms with van der Waals surface area (Å²) in [4.78, 5) is 31.0. The minimum atomic E-state index is 0.397. The van der Waals surface area contributed by atoms with E-state index in [1.807, 2.05) is 109 Å². The van der Waals surface area contributed by atoms with Gasteiger partial charge in [-0.05, 0) is 72.8 Å². The summed E-state index contributed by atoms with van der Waals surface area (Å²) in [5.41, 5.74) is 8.13. The van der Waals surface area contributed by atoms with Crippen molar-refractivity contribution in [1.29, 1.82) is 0 Å². The van der Waals surface area contributed by atoms with E-state index in [2.05, 4.69) is 68.3 Å². The predicted octanol–water partition coefficient (Wildman–Crippen LogP) is 8.89. The van der Waals surface area contributed by atoms with Crippen molar-refractivity contribution in [2.45, 2.75) is 0 Å². The van der Waals surface area contributed by atoms with Crippen molar-refractivity contribution in [2.24, 2.45) is 0 Å². The van der Waals surface area contributed by atoms with Crippen molar-refractivity contribution in [2.75, 3.05) is 0 Å². The third-order valence-corrected chi connectivity index (χ3v) is 8.96. The highest BCUT2D eigenvalue weighted by Gasteiger charge is 2.25. The first-order chi connectivity index (χ1) is 25.3. The van der Waals surface area contributed by atoms with Crippen LogP contribution in [0.25, 0.3) is 85.1 Å². The van der Waals surface area contributed by atoms with Crippen LogP contribution in [0.15, 0.2) is 164 Å². The Morgan fingerprint density at radius 2 is 0.510 bits per heavy atom. The molecule has 0 radical (unpaired) electrons. The third kappa shape index (κ3) is 4.79. The SMILES string of the molecule is c1ccc(-n2c(-c3nc(-c4nc5ccccc5n4-c4ccccc4)nc(-c4nc5ccccc5n4-c4ccccc4)n3)nc3ccccc32)cc1. The minimum absolute atomic E-state index is 0.397. The summed E-state index contributed by atoms with van der Waals surface area (Å²) < 4.78 is 6.29. The highest BCUT2D eigenvalue weighted by molar-refractivity contribution is 5.85. The van der Waals surface area contributed by atoms with Gasteiger partial charge in [-0.2, -0.15) is 0 Å². The Morgan fingerprint density at radius 3 is 0.804 bits per heavy atom. The predicted molar refractivity (Wildman–Crippen MR) is 200 cm³/mol. The molecule has 10 aromatic rings. The summed E-state index contributed by atoms with van der Waals surface area (Å²) in [6, 6.07) is 54.7. The fraction of sp³-hybridized carbons (Fsp3) is 0. The topological polar surface area (TPSA) is 92.1 Å². The van der Waals surface area contributed by atoms with Crippen molar-refractivity contribution >= 4 is 33.1 Å². The zero-order chi connectivity index (χ0) is 33.7. The Kier molecular flexibility index (Phi) is 6.60. The molecule has 0 amide bonds. The van der Waals surface area contributed by atoms with Gasteiger partial charge in [0.15, 0.2) is 17.5 Å². The van der Waals surface area contributed by atoms with Gasteiger partial charge in [-0.25, -0.2) is 29.9 Å². The quantitative estimate of drug-likeness (QED) is 0.177. The lowest BCUT2D eigenvalue weighted by molar-refractivity contribution is 0.960. The Hall–Kier alpha value is -7.26. The Bertz CT molecular complexity index is 2530. The maximum Gasteiger partial charge on any atom is 0.200 e. The largest absolute Gasteiger partial charge is 0.290 e. The second kappa shape index (κ2) is 11.7. The Labute approximate surface area is 291 Å². The number of hydrogen-bond acceptors (Lipinski definition) is 6. The maximum absolute atomic E-state index is 5.19. The molecule has 4 aromatic heterocycles. The first-order valence-corrected chi connectivity index (χ1v) is 16.7. The van der Waals surface area contributed by atoms with Gasteiger partial charge in [0.2, 0.25) is 17.5 Å². The monoisotopic (exact) mass is 657 g/mol. The van der Waals surface area contributed by atoms with E-state index in [4.69, 9.17) is 29.9 Å². The molecule has 9 heteroatoms. The van der Waals surface area contributed by atoms with Crippen molar-refractivity contribution in [3.05, 3.63) is 164 Å². The number of benzene rings is 6. The first kappa shape index (κ1) is 28.7. The summed E-state index contributed by atoms with van der Waals surface area (Å²) in [5.74, 6) is 2.93. The van der Waals surface area contributed by atoms with Crippen LogP contribution in [0, 0.1) is 0 Å².